The number of anilines is 1. The van der Waals surface area contributed by atoms with Gasteiger partial charge < -0.3 is 14.8 Å². The Morgan fingerprint density at radius 2 is 2.21 bits per heavy atom. The van der Waals surface area contributed by atoms with E-state index in [0.29, 0.717) is 0 Å². The van der Waals surface area contributed by atoms with Gasteiger partial charge in [0, 0.05) is 32.4 Å². The monoisotopic (exact) mass is 325 g/mol. The van der Waals surface area contributed by atoms with Crippen molar-refractivity contribution >= 4 is 17.7 Å². The summed E-state index contributed by atoms with van der Waals surface area (Å²) in [5.41, 5.74) is 3.68. The van der Waals surface area contributed by atoms with E-state index in [0.717, 1.165) is 24.4 Å². The van der Waals surface area contributed by atoms with Crippen LogP contribution < -0.4 is 10.2 Å². The summed E-state index contributed by atoms with van der Waals surface area (Å²) in [4.78, 5) is 14.4. The van der Waals surface area contributed by atoms with Gasteiger partial charge in [0.25, 0.3) is 0 Å². The van der Waals surface area contributed by atoms with Gasteiger partial charge >= 0.3 is 0 Å². The van der Waals surface area contributed by atoms with Crippen molar-refractivity contribution in [3.8, 4) is 0 Å². The molecule has 6 heteroatoms. The fourth-order valence-electron chi connectivity index (χ4n) is 3.09. The molecule has 2 heterocycles. The van der Waals surface area contributed by atoms with Gasteiger partial charge in [0.15, 0.2) is 5.82 Å². The number of benzene rings is 1. The van der Waals surface area contributed by atoms with Crippen LogP contribution in [0.3, 0.4) is 0 Å². The molecule has 126 valence electrons. The summed E-state index contributed by atoms with van der Waals surface area (Å²) in [5, 5.41) is 10.7. The van der Waals surface area contributed by atoms with Gasteiger partial charge in [0.05, 0.1) is 6.04 Å². The highest BCUT2D eigenvalue weighted by Gasteiger charge is 2.14. The third kappa shape index (κ3) is 3.48. The van der Waals surface area contributed by atoms with Crippen molar-refractivity contribution in [2.24, 2.45) is 7.05 Å². The molecule has 2 aromatic rings. The normalized spacial score (nSPS) is 15.4. The number of carbonyl (C=O) groups excluding carboxylic acids is 1. The van der Waals surface area contributed by atoms with E-state index in [9.17, 15) is 4.79 Å². The third-order valence-corrected chi connectivity index (χ3v) is 4.37. The Morgan fingerprint density at radius 1 is 1.38 bits per heavy atom. The van der Waals surface area contributed by atoms with Crippen LogP contribution in [0, 0.1) is 0 Å². The first kappa shape index (κ1) is 16.2. The number of fused-ring (bicyclic) bond motifs is 1. The van der Waals surface area contributed by atoms with Crippen LogP contribution in [0.1, 0.15) is 36.3 Å². The summed E-state index contributed by atoms with van der Waals surface area (Å²) in [6.45, 7) is 3.00. The van der Waals surface area contributed by atoms with Gasteiger partial charge in [-0.25, -0.2) is 0 Å². The van der Waals surface area contributed by atoms with Gasteiger partial charge in [-0.3, -0.25) is 4.79 Å². The van der Waals surface area contributed by atoms with Gasteiger partial charge in [0.2, 0.25) is 5.91 Å². The van der Waals surface area contributed by atoms with E-state index < -0.39 is 0 Å². The van der Waals surface area contributed by atoms with Crippen LogP contribution in [0.5, 0.6) is 0 Å². The number of nitrogens with one attached hydrogen (secondary N) is 1. The van der Waals surface area contributed by atoms with Gasteiger partial charge in [-0.1, -0.05) is 6.07 Å². The largest absolute Gasteiger partial charge is 0.374 e. The Labute approximate surface area is 142 Å². The highest BCUT2D eigenvalue weighted by atomic mass is 16.1. The predicted octanol–water partition coefficient (Wildman–Crippen LogP) is 2.09. The smallest absolute Gasteiger partial charge is 0.244 e. The van der Waals surface area contributed by atoms with Crippen molar-refractivity contribution in [1.82, 2.24) is 20.1 Å². The molecule has 0 aliphatic carbocycles. The maximum atomic E-state index is 12.1. The molecule has 1 aromatic heterocycles. The second-order valence-corrected chi connectivity index (χ2v) is 6.28. The molecule has 6 nitrogen and oxygen atoms in total. The molecule has 24 heavy (non-hydrogen) atoms. The van der Waals surface area contributed by atoms with Gasteiger partial charge in [0.1, 0.15) is 6.33 Å². The molecule has 0 fully saturated rings. The molecule has 3 rings (SSSR count). The molecule has 1 N–H and O–H groups in total. The molecule has 1 aliphatic heterocycles. The molecular weight excluding hydrogens is 302 g/mol. The molecule has 0 spiro atoms. The van der Waals surface area contributed by atoms with Crippen molar-refractivity contribution in [1.29, 1.82) is 0 Å². The summed E-state index contributed by atoms with van der Waals surface area (Å²) in [6.07, 6.45) is 7.32. The van der Waals surface area contributed by atoms with Crippen molar-refractivity contribution in [2.75, 3.05) is 18.5 Å². The lowest BCUT2D eigenvalue weighted by atomic mass is 9.99. The maximum Gasteiger partial charge on any atom is 0.244 e. The summed E-state index contributed by atoms with van der Waals surface area (Å²) < 4.78 is 1.80. The first-order valence-electron chi connectivity index (χ1n) is 8.21. The Bertz CT molecular complexity index is 765. The van der Waals surface area contributed by atoms with Crippen molar-refractivity contribution in [3.05, 3.63) is 47.6 Å². The minimum atomic E-state index is -0.188. The number of amides is 1. The average molecular weight is 325 g/mol. The number of nitrogens with zero attached hydrogens (tertiary/aromatic N) is 4. The van der Waals surface area contributed by atoms with Crippen LogP contribution >= 0.6 is 0 Å². The van der Waals surface area contributed by atoms with Crippen LogP contribution in [0.25, 0.3) is 6.08 Å². The summed E-state index contributed by atoms with van der Waals surface area (Å²) in [7, 11) is 3.98. The van der Waals surface area contributed by atoms with Crippen LogP contribution in [0.15, 0.2) is 30.6 Å². The van der Waals surface area contributed by atoms with Gasteiger partial charge in [-0.2, -0.15) is 0 Å². The summed E-state index contributed by atoms with van der Waals surface area (Å²) >= 11 is 0. The Balaban J connectivity index is 1.65. The Morgan fingerprint density at radius 3 is 2.96 bits per heavy atom. The van der Waals surface area contributed by atoms with Crippen molar-refractivity contribution < 1.29 is 4.79 Å². The van der Waals surface area contributed by atoms with Crippen LogP contribution in [0.4, 0.5) is 5.69 Å². The number of carbonyl (C=O) groups is 1. The standard InChI is InChI=1S/C18H23N5O/c1-13(18-21-19-12-23(18)3)20-17(24)9-7-14-6-8-16-15(11-14)5-4-10-22(16)2/h6-9,11-13H,4-5,10H2,1-3H3,(H,20,24)/b9-7+. The van der Waals surface area contributed by atoms with E-state index in [2.05, 4.69) is 45.7 Å². The zero-order valence-electron chi connectivity index (χ0n) is 14.4. The van der Waals surface area contributed by atoms with E-state index in [1.807, 2.05) is 20.0 Å². The summed E-state index contributed by atoms with van der Waals surface area (Å²) in [6, 6.07) is 6.16. The number of aromatic nitrogens is 3. The molecule has 0 radical (unpaired) electrons. The second-order valence-electron chi connectivity index (χ2n) is 6.28. The fraction of sp³-hybridized carbons (Fsp3) is 0.389. The quantitative estimate of drug-likeness (QED) is 0.874. The molecule has 1 atom stereocenters. The zero-order valence-corrected chi connectivity index (χ0v) is 14.4. The lowest BCUT2D eigenvalue weighted by Crippen LogP contribution is -2.26. The maximum absolute atomic E-state index is 12.1. The minimum absolute atomic E-state index is 0.139. The molecule has 1 unspecified atom stereocenters. The Kier molecular flexibility index (Phi) is 4.64. The number of rotatable bonds is 4. The molecular formula is C18H23N5O. The number of aryl methyl sites for hydroxylation is 2. The van der Waals surface area contributed by atoms with E-state index in [1.54, 1.807) is 17.0 Å². The van der Waals surface area contributed by atoms with E-state index in [-0.39, 0.29) is 11.9 Å². The molecule has 0 bridgehead atoms. The Hall–Kier alpha value is -2.63. The zero-order chi connectivity index (χ0) is 17.1. The minimum Gasteiger partial charge on any atom is -0.374 e. The third-order valence-electron chi connectivity index (χ3n) is 4.37. The van der Waals surface area contributed by atoms with Crippen molar-refractivity contribution in [3.63, 3.8) is 0 Å². The van der Waals surface area contributed by atoms with Gasteiger partial charge in [-0.05, 0) is 49.1 Å². The molecule has 0 saturated heterocycles. The van der Waals surface area contributed by atoms with E-state index in [1.165, 1.54) is 17.7 Å². The molecule has 0 saturated carbocycles. The number of hydrogen-bond donors (Lipinski definition) is 1. The lowest BCUT2D eigenvalue weighted by Gasteiger charge is -2.27. The first-order chi connectivity index (χ1) is 11.5. The molecule has 1 aromatic carbocycles. The van der Waals surface area contributed by atoms with Crippen molar-refractivity contribution in [2.45, 2.75) is 25.8 Å². The highest BCUT2D eigenvalue weighted by molar-refractivity contribution is 5.92. The van der Waals surface area contributed by atoms with E-state index >= 15 is 0 Å². The van der Waals surface area contributed by atoms with Crippen LogP contribution in [-0.2, 0) is 18.3 Å². The molecule has 1 aliphatic rings. The highest BCUT2D eigenvalue weighted by Crippen LogP contribution is 2.27. The SMILES string of the molecule is CC(NC(=O)/C=C/c1ccc2c(c1)CCCN2C)c1nncn1C. The summed E-state index contributed by atoms with van der Waals surface area (Å²) in [5.74, 6) is 0.592. The van der Waals surface area contributed by atoms with Crippen LogP contribution in [-0.4, -0.2) is 34.3 Å². The second kappa shape index (κ2) is 6.86. The molecule has 1 amide bonds. The van der Waals surface area contributed by atoms with Crippen LogP contribution in [0.2, 0.25) is 0 Å². The fourth-order valence-corrected chi connectivity index (χ4v) is 3.09. The topological polar surface area (TPSA) is 63.1 Å². The van der Waals surface area contributed by atoms with Gasteiger partial charge in [-0.15, -0.1) is 10.2 Å². The average Bonchev–Trinajstić information content (AvgIpc) is 2.99. The van der Waals surface area contributed by atoms with E-state index in [4.69, 9.17) is 0 Å². The first-order valence-corrected chi connectivity index (χ1v) is 8.21. The lowest BCUT2D eigenvalue weighted by molar-refractivity contribution is -0.117. The predicted molar refractivity (Wildman–Crippen MR) is 94.6 cm³/mol. The number of hydrogen-bond acceptors (Lipinski definition) is 4.